The zero-order chi connectivity index (χ0) is 10.6. The van der Waals surface area contributed by atoms with Crippen molar-refractivity contribution in [3.05, 3.63) is 40.7 Å². The number of hydrogen-bond acceptors (Lipinski definition) is 2. The highest BCUT2D eigenvalue weighted by atomic mass is 35.5. The fourth-order valence-electron chi connectivity index (χ4n) is 0.862. The van der Waals surface area contributed by atoms with Gasteiger partial charge in [0.05, 0.1) is 7.11 Å². The molecular formula is C10H8ClFO2. The molecular weight excluding hydrogens is 207 g/mol. The van der Waals surface area contributed by atoms with Gasteiger partial charge in [-0.05, 0) is 23.8 Å². The lowest BCUT2D eigenvalue weighted by atomic mass is 10.2. The Kier molecular flexibility index (Phi) is 3.65. The maximum atomic E-state index is 12.9. The summed E-state index contributed by atoms with van der Waals surface area (Å²) in [6.45, 7) is 0. The first kappa shape index (κ1) is 10.7. The number of ether oxygens (including phenoxy) is 1. The van der Waals surface area contributed by atoms with Crippen molar-refractivity contribution in [2.45, 2.75) is 0 Å². The van der Waals surface area contributed by atoms with E-state index in [1.165, 1.54) is 0 Å². The first-order chi connectivity index (χ1) is 6.63. The van der Waals surface area contributed by atoms with Gasteiger partial charge in [-0.3, -0.25) is 0 Å². The van der Waals surface area contributed by atoms with Crippen LogP contribution in [0.5, 0.6) is 0 Å². The van der Waals surface area contributed by atoms with Gasteiger partial charge in [0.15, 0.2) is 0 Å². The number of carbonyl (C=O) groups is 1. The van der Waals surface area contributed by atoms with Gasteiger partial charge in [-0.1, -0.05) is 23.7 Å². The van der Waals surface area contributed by atoms with Crippen LogP contribution in [0.25, 0.3) is 6.08 Å². The molecule has 0 unspecified atom stereocenters. The number of benzene rings is 1. The normalized spacial score (nSPS) is 11.2. The van der Waals surface area contributed by atoms with E-state index in [1.54, 1.807) is 24.3 Å². The molecule has 0 amide bonds. The lowest BCUT2D eigenvalue weighted by Crippen LogP contribution is -1.99. The Morgan fingerprint density at radius 1 is 1.43 bits per heavy atom. The van der Waals surface area contributed by atoms with Gasteiger partial charge in [0.25, 0.3) is 0 Å². The van der Waals surface area contributed by atoms with E-state index in [-0.39, 0.29) is 0 Å². The third-order valence-electron chi connectivity index (χ3n) is 1.54. The third kappa shape index (κ3) is 2.85. The van der Waals surface area contributed by atoms with Gasteiger partial charge < -0.3 is 4.74 Å². The lowest BCUT2D eigenvalue weighted by Gasteiger charge is -1.96. The van der Waals surface area contributed by atoms with Crippen LogP contribution in [-0.2, 0) is 9.53 Å². The molecule has 1 aromatic carbocycles. The van der Waals surface area contributed by atoms with Crippen molar-refractivity contribution in [2.75, 3.05) is 7.11 Å². The summed E-state index contributed by atoms with van der Waals surface area (Å²) >= 11 is 5.63. The molecule has 0 aliphatic heterocycles. The minimum Gasteiger partial charge on any atom is -0.464 e. The van der Waals surface area contributed by atoms with Gasteiger partial charge in [0, 0.05) is 5.02 Å². The van der Waals surface area contributed by atoms with Crippen LogP contribution >= 0.6 is 11.6 Å². The average molecular weight is 215 g/mol. The minimum atomic E-state index is -0.986. The Hall–Kier alpha value is -1.35. The van der Waals surface area contributed by atoms with Crippen LogP contribution in [0.15, 0.2) is 30.1 Å². The summed E-state index contributed by atoms with van der Waals surface area (Å²) in [6, 6.07) is 6.42. The maximum Gasteiger partial charge on any atom is 0.366 e. The first-order valence-corrected chi connectivity index (χ1v) is 4.22. The van der Waals surface area contributed by atoms with Gasteiger partial charge >= 0.3 is 5.97 Å². The fraction of sp³-hybridized carbons (Fsp3) is 0.100. The number of hydrogen-bond donors (Lipinski definition) is 0. The van der Waals surface area contributed by atoms with E-state index in [4.69, 9.17) is 11.6 Å². The van der Waals surface area contributed by atoms with E-state index in [2.05, 4.69) is 4.74 Å². The largest absolute Gasteiger partial charge is 0.464 e. The standard InChI is InChI=1S/C10H8ClFO2/c1-14-10(13)9(12)6-7-2-4-8(11)5-3-7/h2-6H,1H3/b9-6+. The highest BCUT2D eigenvalue weighted by Crippen LogP contribution is 2.13. The molecule has 0 bridgehead atoms. The second-order valence-electron chi connectivity index (χ2n) is 2.54. The van der Waals surface area contributed by atoms with Gasteiger partial charge in [-0.2, -0.15) is 4.39 Å². The van der Waals surface area contributed by atoms with E-state index in [1.807, 2.05) is 0 Å². The Labute approximate surface area is 85.9 Å². The summed E-state index contributed by atoms with van der Waals surface area (Å²) in [5, 5.41) is 0.556. The second kappa shape index (κ2) is 4.77. The molecule has 0 aliphatic rings. The van der Waals surface area contributed by atoms with Crippen molar-refractivity contribution >= 4 is 23.6 Å². The van der Waals surface area contributed by atoms with Crippen molar-refractivity contribution < 1.29 is 13.9 Å². The SMILES string of the molecule is COC(=O)/C(F)=C\c1ccc(Cl)cc1. The van der Waals surface area contributed by atoms with Crippen molar-refractivity contribution in [2.24, 2.45) is 0 Å². The van der Waals surface area contributed by atoms with Crippen LogP contribution in [0.4, 0.5) is 4.39 Å². The van der Waals surface area contributed by atoms with Crippen molar-refractivity contribution in [1.82, 2.24) is 0 Å². The Morgan fingerprint density at radius 2 is 2.00 bits per heavy atom. The molecule has 0 aliphatic carbocycles. The van der Waals surface area contributed by atoms with Crippen molar-refractivity contribution in [3.63, 3.8) is 0 Å². The fourth-order valence-corrected chi connectivity index (χ4v) is 0.988. The molecule has 0 N–H and O–H groups in total. The predicted octanol–water partition coefficient (Wildman–Crippen LogP) is 2.82. The van der Waals surface area contributed by atoms with Gasteiger partial charge in [-0.15, -0.1) is 0 Å². The topological polar surface area (TPSA) is 26.3 Å². The zero-order valence-electron chi connectivity index (χ0n) is 7.46. The Bertz CT molecular complexity index is 357. The van der Waals surface area contributed by atoms with E-state index in [0.717, 1.165) is 13.2 Å². The molecule has 0 atom stereocenters. The summed E-state index contributed by atoms with van der Waals surface area (Å²) in [5.74, 6) is -1.92. The quantitative estimate of drug-likeness (QED) is 0.559. The molecule has 1 rings (SSSR count). The molecule has 0 aromatic heterocycles. The Balaban J connectivity index is 2.86. The lowest BCUT2D eigenvalue weighted by molar-refractivity contribution is -0.137. The summed E-state index contributed by atoms with van der Waals surface area (Å²) < 4.78 is 17.1. The zero-order valence-corrected chi connectivity index (χ0v) is 8.22. The first-order valence-electron chi connectivity index (χ1n) is 3.84. The van der Waals surface area contributed by atoms with Crippen LogP contribution in [0, 0.1) is 0 Å². The van der Waals surface area contributed by atoms with E-state index < -0.39 is 11.8 Å². The molecule has 4 heteroatoms. The van der Waals surface area contributed by atoms with E-state index >= 15 is 0 Å². The summed E-state index contributed by atoms with van der Waals surface area (Å²) in [4.78, 5) is 10.7. The van der Waals surface area contributed by atoms with Gasteiger partial charge in [-0.25, -0.2) is 4.79 Å². The number of rotatable bonds is 2. The van der Waals surface area contributed by atoms with Gasteiger partial charge in [0.1, 0.15) is 0 Å². The van der Waals surface area contributed by atoms with Crippen LogP contribution in [0.2, 0.25) is 5.02 Å². The third-order valence-corrected chi connectivity index (χ3v) is 1.80. The van der Waals surface area contributed by atoms with Crippen molar-refractivity contribution in [1.29, 1.82) is 0 Å². The average Bonchev–Trinajstić information content (AvgIpc) is 2.20. The van der Waals surface area contributed by atoms with E-state index in [0.29, 0.717) is 10.6 Å². The number of carbonyl (C=O) groups excluding carboxylic acids is 1. The van der Waals surface area contributed by atoms with Crippen LogP contribution < -0.4 is 0 Å². The molecule has 0 radical (unpaired) electrons. The summed E-state index contributed by atoms with van der Waals surface area (Å²) in [7, 11) is 1.12. The summed E-state index contributed by atoms with van der Waals surface area (Å²) in [5.41, 5.74) is 0.553. The van der Waals surface area contributed by atoms with Crippen LogP contribution in [0.1, 0.15) is 5.56 Å². The predicted molar refractivity (Wildman–Crippen MR) is 52.6 cm³/mol. The molecule has 0 saturated heterocycles. The number of esters is 1. The smallest absolute Gasteiger partial charge is 0.366 e. The minimum absolute atomic E-state index is 0.553. The molecule has 0 heterocycles. The molecule has 1 aromatic rings. The molecule has 2 nitrogen and oxygen atoms in total. The maximum absolute atomic E-state index is 12.9. The van der Waals surface area contributed by atoms with Gasteiger partial charge in [0.2, 0.25) is 5.83 Å². The monoisotopic (exact) mass is 214 g/mol. The molecule has 0 spiro atoms. The summed E-state index contributed by atoms with van der Waals surface area (Å²) in [6.07, 6.45) is 1.09. The highest BCUT2D eigenvalue weighted by molar-refractivity contribution is 6.30. The number of methoxy groups -OCH3 is 1. The highest BCUT2D eigenvalue weighted by Gasteiger charge is 2.07. The molecule has 74 valence electrons. The second-order valence-corrected chi connectivity index (χ2v) is 2.97. The van der Waals surface area contributed by atoms with Crippen molar-refractivity contribution in [3.8, 4) is 0 Å². The van der Waals surface area contributed by atoms with E-state index in [9.17, 15) is 9.18 Å². The molecule has 0 fully saturated rings. The van der Waals surface area contributed by atoms with Crippen LogP contribution in [0.3, 0.4) is 0 Å². The molecule has 14 heavy (non-hydrogen) atoms. The Morgan fingerprint density at radius 3 is 2.50 bits per heavy atom. The van der Waals surface area contributed by atoms with Crippen LogP contribution in [-0.4, -0.2) is 13.1 Å². The number of halogens is 2. The molecule has 0 saturated carbocycles.